The Morgan fingerprint density at radius 2 is 1.93 bits per heavy atom. The summed E-state index contributed by atoms with van der Waals surface area (Å²) in [6.45, 7) is 13.4. The summed E-state index contributed by atoms with van der Waals surface area (Å²) in [5.41, 5.74) is 3.22. The summed E-state index contributed by atoms with van der Waals surface area (Å²) in [5, 5.41) is 16.2. The minimum Gasteiger partial charge on any atom is -0.508 e. The number of hydrogen-bond acceptors (Lipinski definition) is 10. The molecule has 0 radical (unpaired) electrons. The Kier molecular flexibility index (Phi) is 8.52. The van der Waals surface area contributed by atoms with E-state index in [4.69, 9.17) is 19.4 Å². The van der Waals surface area contributed by atoms with E-state index >= 15 is 0 Å². The molecule has 0 saturated carbocycles. The van der Waals surface area contributed by atoms with Gasteiger partial charge >= 0.3 is 6.01 Å². The Morgan fingerprint density at radius 3 is 2.76 bits per heavy atom. The molecule has 4 heterocycles. The van der Waals surface area contributed by atoms with Gasteiger partial charge in [-0.2, -0.15) is 9.97 Å². The van der Waals surface area contributed by atoms with Crippen LogP contribution >= 0.6 is 0 Å². The molecule has 0 amide bonds. The molecule has 10 heteroatoms. The van der Waals surface area contributed by atoms with E-state index in [9.17, 15) is 5.11 Å². The third-order valence-electron chi connectivity index (χ3n) is 8.24. The Bertz CT molecular complexity index is 1360. The lowest BCUT2D eigenvalue weighted by molar-refractivity contribution is 0.0404. The van der Waals surface area contributed by atoms with Gasteiger partial charge in [-0.05, 0) is 24.9 Å². The summed E-state index contributed by atoms with van der Waals surface area (Å²) in [6, 6.07) is 12.6. The third-order valence-corrected chi connectivity index (χ3v) is 8.24. The Morgan fingerprint density at radius 1 is 1.07 bits per heavy atom. The Labute approximate surface area is 242 Å². The molecule has 218 valence electrons. The zero-order valence-electron chi connectivity index (χ0n) is 24.0. The van der Waals surface area contributed by atoms with Gasteiger partial charge in [-0.15, -0.1) is 6.58 Å². The van der Waals surface area contributed by atoms with Crippen LogP contribution in [0, 0.1) is 0 Å². The van der Waals surface area contributed by atoms with Crippen LogP contribution in [0.2, 0.25) is 0 Å². The van der Waals surface area contributed by atoms with Gasteiger partial charge in [0.15, 0.2) is 0 Å². The minimum absolute atomic E-state index is 0.242. The Hall–Kier alpha value is -3.44. The number of benzene rings is 2. The van der Waals surface area contributed by atoms with Crippen molar-refractivity contribution in [1.82, 2.24) is 25.1 Å². The number of anilines is 2. The second kappa shape index (κ2) is 12.6. The average molecular weight is 560 g/mol. The van der Waals surface area contributed by atoms with E-state index < -0.39 is 0 Å². The molecule has 3 aliphatic rings. The molecule has 6 rings (SSSR count). The number of phenols is 1. The van der Waals surface area contributed by atoms with E-state index in [1.54, 1.807) is 6.08 Å². The van der Waals surface area contributed by atoms with Crippen molar-refractivity contribution in [3.05, 3.63) is 60.3 Å². The molecule has 1 atom stereocenters. The van der Waals surface area contributed by atoms with Gasteiger partial charge in [0.25, 0.3) is 0 Å². The minimum atomic E-state index is 0.242. The second-order valence-electron chi connectivity index (χ2n) is 11.2. The van der Waals surface area contributed by atoms with Crippen LogP contribution in [0.3, 0.4) is 0 Å². The highest BCUT2D eigenvalue weighted by molar-refractivity contribution is 5.95. The molecule has 2 N–H and O–H groups in total. The number of piperazine rings is 2. The van der Waals surface area contributed by atoms with Gasteiger partial charge < -0.3 is 34.6 Å². The second-order valence-corrected chi connectivity index (χ2v) is 11.2. The maximum Gasteiger partial charge on any atom is 0.318 e. The zero-order valence-corrected chi connectivity index (χ0v) is 24.0. The summed E-state index contributed by atoms with van der Waals surface area (Å²) in [7, 11) is 2.14. The lowest BCUT2D eigenvalue weighted by Gasteiger charge is -2.38. The molecular formula is C31H41N7O3. The summed E-state index contributed by atoms with van der Waals surface area (Å²) in [4.78, 5) is 19.3. The number of nitrogens with one attached hydrogen (secondary N) is 1. The van der Waals surface area contributed by atoms with Crippen molar-refractivity contribution < 1.29 is 14.6 Å². The lowest BCUT2D eigenvalue weighted by Crippen LogP contribution is -2.51. The largest absolute Gasteiger partial charge is 0.508 e. The van der Waals surface area contributed by atoms with Crippen molar-refractivity contribution in [3.63, 3.8) is 0 Å². The maximum absolute atomic E-state index is 10.5. The molecule has 2 fully saturated rings. The van der Waals surface area contributed by atoms with Gasteiger partial charge in [-0.1, -0.05) is 30.3 Å². The number of nitrogens with zero attached hydrogens (tertiary/aromatic N) is 6. The first-order chi connectivity index (χ1) is 20.1. The van der Waals surface area contributed by atoms with Crippen LogP contribution in [0.15, 0.2) is 49.1 Å². The number of aromatic nitrogens is 2. The van der Waals surface area contributed by atoms with Gasteiger partial charge in [0.2, 0.25) is 0 Å². The van der Waals surface area contributed by atoms with E-state index in [0.717, 1.165) is 86.8 Å². The number of ether oxygens (including phenoxy) is 2. The number of phenolic OH excluding ortho intramolecular Hbond substituents is 1. The fourth-order valence-corrected chi connectivity index (χ4v) is 6.09. The van der Waals surface area contributed by atoms with Crippen molar-refractivity contribution >= 4 is 22.3 Å². The first-order valence-electron chi connectivity index (χ1n) is 14.6. The summed E-state index contributed by atoms with van der Waals surface area (Å²) in [6.07, 6.45) is 2.61. The van der Waals surface area contributed by atoms with Crippen LogP contribution < -0.4 is 19.9 Å². The molecule has 10 nitrogen and oxygen atoms in total. The Balaban J connectivity index is 1.26. The molecule has 41 heavy (non-hydrogen) atoms. The number of likely N-dealkylation sites (N-methyl/N-ethyl adjacent to an activating group) is 1. The van der Waals surface area contributed by atoms with Crippen LogP contribution in [-0.2, 0) is 17.7 Å². The lowest BCUT2D eigenvalue weighted by atomic mass is 10.0. The van der Waals surface area contributed by atoms with E-state index in [-0.39, 0.29) is 11.8 Å². The standard InChI is InChI=1S/C31H41N7O3/c1-3-16-40-22-36-12-14-37(15-13-36)30-27-8-10-38(29-18-25(39)17-23-6-4-5-7-26(23)29)20-28(27)33-31(34-30)41-21-24-19-35(2)11-9-32-24/h3-7,17-18,24,32,39H,1,8-16,19-22H2,2H3. The predicted molar refractivity (Wildman–Crippen MR) is 162 cm³/mol. The van der Waals surface area contributed by atoms with Gasteiger partial charge in [0.05, 0.1) is 31.6 Å². The highest BCUT2D eigenvalue weighted by Gasteiger charge is 2.29. The number of aromatic hydroxyl groups is 1. The molecule has 0 bridgehead atoms. The number of rotatable bonds is 9. The summed E-state index contributed by atoms with van der Waals surface area (Å²) >= 11 is 0. The highest BCUT2D eigenvalue weighted by Crippen LogP contribution is 2.36. The molecule has 2 saturated heterocycles. The van der Waals surface area contributed by atoms with Crippen molar-refractivity contribution in [3.8, 4) is 11.8 Å². The molecule has 0 spiro atoms. The molecule has 1 unspecified atom stereocenters. The zero-order chi connectivity index (χ0) is 28.2. The van der Waals surface area contributed by atoms with Crippen molar-refractivity contribution in [2.45, 2.75) is 19.0 Å². The smallest absolute Gasteiger partial charge is 0.318 e. The highest BCUT2D eigenvalue weighted by atomic mass is 16.5. The molecule has 0 aliphatic carbocycles. The van der Waals surface area contributed by atoms with E-state index in [0.29, 0.717) is 32.5 Å². The topological polar surface area (TPSA) is 89.5 Å². The number of hydrogen-bond donors (Lipinski definition) is 2. The van der Waals surface area contributed by atoms with E-state index in [1.807, 2.05) is 30.3 Å². The molecule has 3 aliphatic heterocycles. The van der Waals surface area contributed by atoms with Crippen LogP contribution in [0.1, 0.15) is 11.3 Å². The van der Waals surface area contributed by atoms with Crippen LogP contribution in [-0.4, -0.2) is 110 Å². The SMILES string of the molecule is C=CCOCN1CCN(c2nc(OCC3CN(C)CCN3)nc3c2CCN(c2cc(O)cc4ccccc24)C3)CC1. The van der Waals surface area contributed by atoms with Crippen LogP contribution in [0.25, 0.3) is 10.8 Å². The third kappa shape index (κ3) is 6.41. The van der Waals surface area contributed by atoms with Crippen LogP contribution in [0.5, 0.6) is 11.8 Å². The van der Waals surface area contributed by atoms with Gasteiger partial charge in [-0.3, -0.25) is 4.90 Å². The first-order valence-corrected chi connectivity index (χ1v) is 14.6. The average Bonchev–Trinajstić information content (AvgIpc) is 2.99. The van der Waals surface area contributed by atoms with Gasteiger partial charge in [0.1, 0.15) is 18.2 Å². The summed E-state index contributed by atoms with van der Waals surface area (Å²) in [5.74, 6) is 1.27. The van der Waals surface area contributed by atoms with Crippen molar-refractivity contribution in [2.24, 2.45) is 0 Å². The monoisotopic (exact) mass is 559 g/mol. The summed E-state index contributed by atoms with van der Waals surface area (Å²) < 4.78 is 11.9. The van der Waals surface area contributed by atoms with Gasteiger partial charge in [-0.25, -0.2) is 0 Å². The molecular weight excluding hydrogens is 518 g/mol. The molecule has 2 aromatic carbocycles. The van der Waals surface area contributed by atoms with Gasteiger partial charge in [0, 0.05) is 75.1 Å². The maximum atomic E-state index is 10.5. The molecule has 1 aromatic heterocycles. The van der Waals surface area contributed by atoms with Crippen molar-refractivity contribution in [1.29, 1.82) is 0 Å². The van der Waals surface area contributed by atoms with Crippen molar-refractivity contribution in [2.75, 3.05) is 89.2 Å². The fourth-order valence-electron chi connectivity index (χ4n) is 6.09. The number of fused-ring (bicyclic) bond motifs is 2. The molecule has 3 aromatic rings. The first kappa shape index (κ1) is 27.7. The van der Waals surface area contributed by atoms with Crippen LogP contribution in [0.4, 0.5) is 11.5 Å². The normalized spacial score (nSPS) is 20.3. The quantitative estimate of drug-likeness (QED) is 0.301. The predicted octanol–water partition coefficient (Wildman–Crippen LogP) is 2.46. The van der Waals surface area contributed by atoms with E-state index in [1.165, 1.54) is 5.56 Å². The fraction of sp³-hybridized carbons (Fsp3) is 0.484. The van der Waals surface area contributed by atoms with E-state index in [2.05, 4.69) is 44.6 Å².